The zero-order chi connectivity index (χ0) is 15.9. The fourth-order valence-electron chi connectivity index (χ4n) is 3.10. The first kappa shape index (κ1) is 16.2. The highest BCUT2D eigenvalue weighted by Gasteiger charge is 2.41. The van der Waals surface area contributed by atoms with Crippen molar-refractivity contribution in [1.82, 2.24) is 0 Å². The standard InChI is InChI=1S/C15H19F4NO/c1-7-8(2)21-9(3)13(7)14(20)10-4-5-11(12(16)6-10)15(17,18)19/h4-9,13-14H,20H2,1-3H3. The van der Waals surface area contributed by atoms with Gasteiger partial charge in [-0.1, -0.05) is 13.0 Å². The largest absolute Gasteiger partial charge is 0.419 e. The fourth-order valence-corrected chi connectivity index (χ4v) is 3.10. The van der Waals surface area contributed by atoms with Crippen molar-refractivity contribution in [1.29, 1.82) is 0 Å². The maximum absolute atomic E-state index is 13.7. The number of rotatable bonds is 2. The fraction of sp³-hybridized carbons (Fsp3) is 0.600. The van der Waals surface area contributed by atoms with Gasteiger partial charge in [0.25, 0.3) is 0 Å². The van der Waals surface area contributed by atoms with Crippen LogP contribution in [0.1, 0.15) is 37.9 Å². The normalized spacial score (nSPS) is 31.4. The number of halogens is 4. The van der Waals surface area contributed by atoms with Crippen molar-refractivity contribution >= 4 is 0 Å². The van der Waals surface area contributed by atoms with Gasteiger partial charge in [0, 0.05) is 12.0 Å². The molecule has 1 aromatic rings. The second-order valence-corrected chi connectivity index (χ2v) is 5.75. The number of nitrogens with two attached hydrogens (primary N) is 1. The molecule has 2 rings (SSSR count). The smallest absolute Gasteiger partial charge is 0.375 e. The molecule has 1 aliphatic heterocycles. The third kappa shape index (κ3) is 3.06. The van der Waals surface area contributed by atoms with Crippen molar-refractivity contribution in [3.8, 4) is 0 Å². The first-order valence-corrected chi connectivity index (χ1v) is 6.90. The maximum Gasteiger partial charge on any atom is 0.419 e. The molecule has 1 saturated heterocycles. The molecular formula is C15H19F4NO. The van der Waals surface area contributed by atoms with Crippen LogP contribution in [0.2, 0.25) is 0 Å². The number of hydrogen-bond acceptors (Lipinski definition) is 2. The van der Waals surface area contributed by atoms with Crippen LogP contribution in [-0.4, -0.2) is 12.2 Å². The van der Waals surface area contributed by atoms with Crippen LogP contribution in [0.3, 0.4) is 0 Å². The van der Waals surface area contributed by atoms with Crippen molar-refractivity contribution < 1.29 is 22.3 Å². The Bertz CT molecular complexity index is 517. The molecular weight excluding hydrogens is 286 g/mol. The molecule has 0 aliphatic carbocycles. The van der Waals surface area contributed by atoms with Gasteiger partial charge in [-0.25, -0.2) is 4.39 Å². The average Bonchev–Trinajstić information content (AvgIpc) is 2.61. The third-order valence-corrected chi connectivity index (χ3v) is 4.42. The van der Waals surface area contributed by atoms with E-state index < -0.39 is 23.6 Å². The van der Waals surface area contributed by atoms with Crippen molar-refractivity contribution in [2.24, 2.45) is 17.6 Å². The molecule has 0 aromatic heterocycles. The van der Waals surface area contributed by atoms with E-state index in [-0.39, 0.29) is 24.0 Å². The molecule has 0 spiro atoms. The summed E-state index contributed by atoms with van der Waals surface area (Å²) in [4.78, 5) is 0. The van der Waals surface area contributed by atoms with Gasteiger partial charge in [-0.2, -0.15) is 13.2 Å². The van der Waals surface area contributed by atoms with Crippen LogP contribution in [0.4, 0.5) is 17.6 Å². The van der Waals surface area contributed by atoms with Crippen LogP contribution >= 0.6 is 0 Å². The molecule has 0 bridgehead atoms. The maximum atomic E-state index is 13.7. The van der Waals surface area contributed by atoms with Crippen LogP contribution in [0.15, 0.2) is 18.2 Å². The zero-order valence-electron chi connectivity index (χ0n) is 12.1. The summed E-state index contributed by atoms with van der Waals surface area (Å²) in [6.07, 6.45) is -4.79. The Morgan fingerprint density at radius 3 is 2.19 bits per heavy atom. The Morgan fingerprint density at radius 2 is 1.76 bits per heavy atom. The monoisotopic (exact) mass is 305 g/mol. The van der Waals surface area contributed by atoms with E-state index in [2.05, 4.69) is 0 Å². The van der Waals surface area contributed by atoms with Gasteiger partial charge in [-0.3, -0.25) is 0 Å². The molecule has 0 saturated carbocycles. The predicted molar refractivity (Wildman–Crippen MR) is 71.0 cm³/mol. The highest BCUT2D eigenvalue weighted by Crippen LogP contribution is 2.40. The quantitative estimate of drug-likeness (QED) is 0.841. The molecule has 1 fully saturated rings. The summed E-state index contributed by atoms with van der Waals surface area (Å²) in [5.74, 6) is -1.20. The number of alkyl halides is 3. The van der Waals surface area contributed by atoms with Crippen LogP contribution < -0.4 is 5.73 Å². The van der Waals surface area contributed by atoms with Crippen molar-refractivity contribution in [2.45, 2.75) is 45.2 Å². The minimum Gasteiger partial charge on any atom is -0.375 e. The van der Waals surface area contributed by atoms with Gasteiger partial charge >= 0.3 is 6.18 Å². The van der Waals surface area contributed by atoms with E-state index >= 15 is 0 Å². The number of hydrogen-bond donors (Lipinski definition) is 1. The van der Waals surface area contributed by atoms with Crippen LogP contribution in [-0.2, 0) is 10.9 Å². The second-order valence-electron chi connectivity index (χ2n) is 5.75. The van der Waals surface area contributed by atoms with Crippen LogP contribution in [0.25, 0.3) is 0 Å². The van der Waals surface area contributed by atoms with E-state index in [0.717, 1.165) is 12.1 Å². The average molecular weight is 305 g/mol. The van der Waals surface area contributed by atoms with Gasteiger partial charge in [0.15, 0.2) is 0 Å². The Hall–Kier alpha value is -1.14. The van der Waals surface area contributed by atoms with Gasteiger partial charge in [-0.15, -0.1) is 0 Å². The highest BCUT2D eigenvalue weighted by atomic mass is 19.4. The van der Waals surface area contributed by atoms with E-state index in [1.54, 1.807) is 0 Å². The molecule has 1 aromatic carbocycles. The lowest BCUT2D eigenvalue weighted by Gasteiger charge is -2.26. The minimum atomic E-state index is -4.70. The lowest BCUT2D eigenvalue weighted by Crippen LogP contribution is -2.30. The van der Waals surface area contributed by atoms with E-state index in [9.17, 15) is 17.6 Å². The Kier molecular flexibility index (Phi) is 4.31. The molecule has 1 aliphatic rings. The van der Waals surface area contributed by atoms with Gasteiger partial charge < -0.3 is 10.5 Å². The Balaban J connectivity index is 2.28. The summed E-state index contributed by atoms with van der Waals surface area (Å²) >= 11 is 0. The first-order valence-electron chi connectivity index (χ1n) is 6.90. The van der Waals surface area contributed by atoms with Gasteiger partial charge in [0.05, 0.1) is 17.8 Å². The van der Waals surface area contributed by atoms with Crippen molar-refractivity contribution in [3.63, 3.8) is 0 Å². The summed E-state index contributed by atoms with van der Waals surface area (Å²) in [5.41, 5.74) is 5.24. The molecule has 0 amide bonds. The molecule has 6 heteroatoms. The SMILES string of the molecule is CC1OC(C)C(C(N)c2ccc(C(F)(F)F)c(F)c2)C1C. The van der Waals surface area contributed by atoms with Crippen LogP contribution in [0.5, 0.6) is 0 Å². The molecule has 0 radical (unpaired) electrons. The Morgan fingerprint density at radius 1 is 1.14 bits per heavy atom. The molecule has 5 unspecified atom stereocenters. The van der Waals surface area contributed by atoms with Crippen LogP contribution in [0, 0.1) is 17.7 Å². The van der Waals surface area contributed by atoms with E-state index in [1.165, 1.54) is 6.07 Å². The second kappa shape index (κ2) is 5.57. The number of benzene rings is 1. The molecule has 2 N–H and O–H groups in total. The Labute approximate surface area is 121 Å². The summed E-state index contributed by atoms with van der Waals surface area (Å²) in [6, 6.07) is 2.32. The van der Waals surface area contributed by atoms with Gasteiger partial charge in [0.2, 0.25) is 0 Å². The molecule has 5 atom stereocenters. The van der Waals surface area contributed by atoms with Gasteiger partial charge in [-0.05, 0) is 37.5 Å². The van der Waals surface area contributed by atoms with Gasteiger partial charge in [0.1, 0.15) is 5.82 Å². The zero-order valence-corrected chi connectivity index (χ0v) is 12.1. The van der Waals surface area contributed by atoms with E-state index in [1.807, 2.05) is 20.8 Å². The first-order chi connectivity index (χ1) is 9.62. The topological polar surface area (TPSA) is 35.2 Å². The van der Waals surface area contributed by atoms with E-state index in [0.29, 0.717) is 5.56 Å². The lowest BCUT2D eigenvalue weighted by molar-refractivity contribution is -0.140. The summed E-state index contributed by atoms with van der Waals surface area (Å²) in [5, 5.41) is 0. The molecule has 21 heavy (non-hydrogen) atoms. The van der Waals surface area contributed by atoms with Crippen molar-refractivity contribution in [3.05, 3.63) is 35.1 Å². The molecule has 1 heterocycles. The summed E-state index contributed by atoms with van der Waals surface area (Å²) in [6.45, 7) is 5.80. The predicted octanol–water partition coefficient (Wildman–Crippen LogP) is 3.90. The van der Waals surface area contributed by atoms with E-state index in [4.69, 9.17) is 10.5 Å². The number of ether oxygens (including phenoxy) is 1. The minimum absolute atomic E-state index is 0.0235. The van der Waals surface area contributed by atoms with Crippen molar-refractivity contribution in [2.75, 3.05) is 0 Å². The molecule has 118 valence electrons. The lowest BCUT2D eigenvalue weighted by atomic mass is 9.81. The summed E-state index contributed by atoms with van der Waals surface area (Å²) in [7, 11) is 0. The highest BCUT2D eigenvalue weighted by molar-refractivity contribution is 5.29. The third-order valence-electron chi connectivity index (χ3n) is 4.42. The summed E-state index contributed by atoms with van der Waals surface area (Å²) < 4.78 is 57.0. The molecule has 2 nitrogen and oxygen atoms in total.